The predicted octanol–water partition coefficient (Wildman–Crippen LogP) is 1.56. The molecule has 114 valence electrons. The van der Waals surface area contributed by atoms with Crippen LogP contribution in [0.2, 0.25) is 0 Å². The molecule has 1 aliphatic rings. The number of ether oxygens (including phenoxy) is 1. The summed E-state index contributed by atoms with van der Waals surface area (Å²) in [4.78, 5) is 24.7. The summed E-state index contributed by atoms with van der Waals surface area (Å²) in [7, 11) is 1.59. The van der Waals surface area contributed by atoms with Crippen molar-refractivity contribution in [1.29, 1.82) is 0 Å². The molecule has 0 aromatic heterocycles. The minimum atomic E-state index is -0.842. The third-order valence-electron chi connectivity index (χ3n) is 3.79. The number of nitrogens with one attached hydrogen (secondary N) is 1. The third kappa shape index (κ3) is 3.65. The van der Waals surface area contributed by atoms with Crippen LogP contribution in [0.5, 0.6) is 5.75 Å². The topological polar surface area (TPSA) is 78.9 Å². The summed E-state index contributed by atoms with van der Waals surface area (Å²) >= 11 is 0. The summed E-state index contributed by atoms with van der Waals surface area (Å²) in [5, 5.41) is 11.9. The monoisotopic (exact) mass is 292 g/mol. The third-order valence-corrected chi connectivity index (χ3v) is 3.79. The number of benzene rings is 1. The van der Waals surface area contributed by atoms with Gasteiger partial charge < -0.3 is 20.1 Å². The van der Waals surface area contributed by atoms with Gasteiger partial charge in [0.15, 0.2) is 0 Å². The Balaban J connectivity index is 1.89. The first-order valence-corrected chi connectivity index (χ1v) is 6.89. The zero-order chi connectivity index (χ0) is 15.4. The van der Waals surface area contributed by atoms with Crippen LogP contribution >= 0.6 is 0 Å². The molecule has 0 saturated carbocycles. The maximum atomic E-state index is 12.1. The average Bonchev–Trinajstić information content (AvgIpc) is 2.87. The zero-order valence-electron chi connectivity index (χ0n) is 12.2. The molecule has 1 aromatic rings. The quantitative estimate of drug-likeness (QED) is 0.882. The zero-order valence-corrected chi connectivity index (χ0v) is 12.2. The predicted molar refractivity (Wildman–Crippen MR) is 77.1 cm³/mol. The lowest BCUT2D eigenvalue weighted by atomic mass is 9.99. The molecular formula is C15H20N2O4. The van der Waals surface area contributed by atoms with Crippen molar-refractivity contribution in [1.82, 2.24) is 10.2 Å². The number of hydrogen-bond donors (Lipinski definition) is 2. The van der Waals surface area contributed by atoms with Gasteiger partial charge in [-0.05, 0) is 23.6 Å². The molecule has 6 nitrogen and oxygen atoms in total. The summed E-state index contributed by atoms with van der Waals surface area (Å²) in [6.07, 6.45) is 0. The molecule has 2 rings (SSSR count). The number of carboxylic acid groups (broad SMARTS) is 1. The molecule has 0 bridgehead atoms. The highest BCUT2D eigenvalue weighted by Crippen LogP contribution is 2.23. The molecule has 6 heteroatoms. The van der Waals surface area contributed by atoms with Crippen LogP contribution in [0.4, 0.5) is 4.79 Å². The summed E-state index contributed by atoms with van der Waals surface area (Å²) in [5.74, 6) is -0.606. The first kappa shape index (κ1) is 15.2. The minimum absolute atomic E-state index is 0.0231. The Kier molecular flexibility index (Phi) is 4.67. The van der Waals surface area contributed by atoms with E-state index in [4.69, 9.17) is 9.84 Å². The first-order valence-electron chi connectivity index (χ1n) is 6.89. The van der Waals surface area contributed by atoms with Crippen LogP contribution in [0.25, 0.3) is 0 Å². The Hall–Kier alpha value is -2.24. The molecule has 2 N–H and O–H groups in total. The van der Waals surface area contributed by atoms with E-state index >= 15 is 0 Å². The van der Waals surface area contributed by atoms with E-state index in [1.54, 1.807) is 12.0 Å². The molecule has 2 atom stereocenters. The fourth-order valence-corrected chi connectivity index (χ4v) is 2.53. The van der Waals surface area contributed by atoms with Crippen LogP contribution in [-0.2, 0) is 11.3 Å². The van der Waals surface area contributed by atoms with Gasteiger partial charge in [-0.25, -0.2) is 4.79 Å². The molecule has 1 saturated heterocycles. The van der Waals surface area contributed by atoms with Gasteiger partial charge in [0.05, 0.1) is 13.0 Å². The summed E-state index contributed by atoms with van der Waals surface area (Å²) in [5.41, 5.74) is 0.935. The van der Waals surface area contributed by atoms with Crippen LogP contribution < -0.4 is 10.1 Å². The molecule has 21 heavy (non-hydrogen) atoms. The van der Waals surface area contributed by atoms with E-state index in [0.717, 1.165) is 11.3 Å². The SMILES string of the molecule is COc1cccc(CNC(=O)N2C[C@@H](C)[C@H](C(=O)O)C2)c1. The molecule has 1 aromatic carbocycles. The van der Waals surface area contributed by atoms with Crippen LogP contribution in [0, 0.1) is 11.8 Å². The lowest BCUT2D eigenvalue weighted by Crippen LogP contribution is -2.38. The van der Waals surface area contributed by atoms with Crippen molar-refractivity contribution in [2.45, 2.75) is 13.5 Å². The van der Waals surface area contributed by atoms with Gasteiger partial charge in [-0.15, -0.1) is 0 Å². The number of likely N-dealkylation sites (tertiary alicyclic amines) is 1. The molecule has 0 aliphatic carbocycles. The van der Waals surface area contributed by atoms with Crippen LogP contribution in [0.3, 0.4) is 0 Å². The maximum Gasteiger partial charge on any atom is 0.317 e. The minimum Gasteiger partial charge on any atom is -0.497 e. The molecule has 1 heterocycles. The van der Waals surface area contributed by atoms with Crippen LogP contribution in [0.15, 0.2) is 24.3 Å². The summed E-state index contributed by atoms with van der Waals surface area (Å²) in [6.45, 7) is 2.98. The second kappa shape index (κ2) is 6.47. The van der Waals surface area contributed by atoms with Crippen molar-refractivity contribution in [2.24, 2.45) is 11.8 Å². The lowest BCUT2D eigenvalue weighted by molar-refractivity contribution is -0.142. The van der Waals surface area contributed by atoms with Crippen molar-refractivity contribution in [3.8, 4) is 5.75 Å². The van der Waals surface area contributed by atoms with Crippen LogP contribution in [0.1, 0.15) is 12.5 Å². The smallest absolute Gasteiger partial charge is 0.317 e. The van der Waals surface area contributed by atoms with E-state index < -0.39 is 11.9 Å². The van der Waals surface area contributed by atoms with Gasteiger partial charge in [0.25, 0.3) is 0 Å². The molecule has 0 radical (unpaired) electrons. The Labute approximate surface area is 123 Å². The molecule has 0 unspecified atom stereocenters. The largest absolute Gasteiger partial charge is 0.497 e. The van der Waals surface area contributed by atoms with Gasteiger partial charge >= 0.3 is 12.0 Å². The highest BCUT2D eigenvalue weighted by atomic mass is 16.5. The Bertz CT molecular complexity index is 532. The van der Waals surface area contributed by atoms with E-state index in [0.29, 0.717) is 13.1 Å². The van der Waals surface area contributed by atoms with Gasteiger partial charge in [0.2, 0.25) is 0 Å². The number of methoxy groups -OCH3 is 1. The summed E-state index contributed by atoms with van der Waals surface area (Å²) < 4.78 is 5.13. The molecule has 0 spiro atoms. The Morgan fingerprint density at radius 3 is 2.81 bits per heavy atom. The Morgan fingerprint density at radius 1 is 1.43 bits per heavy atom. The second-order valence-electron chi connectivity index (χ2n) is 5.34. The number of amides is 2. The fraction of sp³-hybridized carbons (Fsp3) is 0.467. The van der Waals surface area contributed by atoms with Crippen molar-refractivity contribution in [2.75, 3.05) is 20.2 Å². The molecule has 2 amide bonds. The number of urea groups is 1. The number of carboxylic acids is 1. The number of rotatable bonds is 4. The van der Waals surface area contributed by atoms with Gasteiger partial charge in [-0.1, -0.05) is 19.1 Å². The van der Waals surface area contributed by atoms with Crippen LogP contribution in [-0.4, -0.2) is 42.2 Å². The van der Waals surface area contributed by atoms with Crippen molar-refractivity contribution in [3.63, 3.8) is 0 Å². The number of carbonyl (C=O) groups excluding carboxylic acids is 1. The lowest BCUT2D eigenvalue weighted by Gasteiger charge is -2.17. The van der Waals surface area contributed by atoms with Crippen molar-refractivity contribution >= 4 is 12.0 Å². The number of nitrogens with zero attached hydrogens (tertiary/aromatic N) is 1. The number of aliphatic carboxylic acids is 1. The molecular weight excluding hydrogens is 272 g/mol. The van der Waals surface area contributed by atoms with Gasteiger partial charge in [0.1, 0.15) is 5.75 Å². The number of hydrogen-bond acceptors (Lipinski definition) is 3. The van der Waals surface area contributed by atoms with Crippen molar-refractivity contribution in [3.05, 3.63) is 29.8 Å². The standard InChI is InChI=1S/C15H20N2O4/c1-10-8-17(9-13(10)14(18)19)15(20)16-7-11-4-3-5-12(6-11)21-2/h3-6,10,13H,7-9H2,1-2H3,(H,16,20)(H,18,19)/t10-,13-/m1/s1. The normalized spacial score (nSPS) is 21.1. The van der Waals surface area contributed by atoms with E-state index in [1.165, 1.54) is 0 Å². The number of carbonyl (C=O) groups is 2. The highest BCUT2D eigenvalue weighted by Gasteiger charge is 2.36. The Morgan fingerprint density at radius 2 is 2.19 bits per heavy atom. The fourth-order valence-electron chi connectivity index (χ4n) is 2.53. The van der Waals surface area contributed by atoms with E-state index in [-0.39, 0.29) is 18.5 Å². The van der Waals surface area contributed by atoms with Gasteiger partial charge in [0, 0.05) is 19.6 Å². The van der Waals surface area contributed by atoms with Crippen molar-refractivity contribution < 1.29 is 19.4 Å². The van der Waals surface area contributed by atoms with E-state index in [9.17, 15) is 9.59 Å². The average molecular weight is 292 g/mol. The van der Waals surface area contributed by atoms with E-state index in [1.807, 2.05) is 31.2 Å². The summed E-state index contributed by atoms with van der Waals surface area (Å²) in [6, 6.07) is 7.22. The highest BCUT2D eigenvalue weighted by molar-refractivity contribution is 5.77. The van der Waals surface area contributed by atoms with E-state index in [2.05, 4.69) is 5.32 Å². The molecule has 1 aliphatic heterocycles. The second-order valence-corrected chi connectivity index (χ2v) is 5.34. The first-order chi connectivity index (χ1) is 10.0. The van der Waals surface area contributed by atoms with Gasteiger partial charge in [-0.3, -0.25) is 4.79 Å². The maximum absolute atomic E-state index is 12.1. The van der Waals surface area contributed by atoms with Gasteiger partial charge in [-0.2, -0.15) is 0 Å². The molecule has 1 fully saturated rings.